The van der Waals surface area contributed by atoms with Crippen LogP contribution >= 0.6 is 0 Å². The molecular formula is C10H18N2O2. The van der Waals surface area contributed by atoms with Crippen LogP contribution in [0.15, 0.2) is 0 Å². The minimum atomic E-state index is -0.464. The molecule has 80 valence electrons. The van der Waals surface area contributed by atoms with E-state index >= 15 is 0 Å². The van der Waals surface area contributed by atoms with E-state index in [2.05, 4.69) is 0 Å². The summed E-state index contributed by atoms with van der Waals surface area (Å²) in [5.41, 5.74) is 10.2. The molecule has 1 rings (SSSR count). The molecule has 4 nitrogen and oxygen atoms in total. The molecule has 0 aromatic heterocycles. The summed E-state index contributed by atoms with van der Waals surface area (Å²) in [7, 11) is 0. The summed E-state index contributed by atoms with van der Waals surface area (Å²) in [6.07, 6.45) is 3.65. The van der Waals surface area contributed by atoms with Gasteiger partial charge in [0.15, 0.2) is 0 Å². The zero-order chi connectivity index (χ0) is 10.8. The van der Waals surface area contributed by atoms with E-state index in [1.54, 1.807) is 0 Å². The maximum Gasteiger partial charge on any atom is 0.223 e. The van der Waals surface area contributed by atoms with E-state index in [-0.39, 0.29) is 17.7 Å². The lowest BCUT2D eigenvalue weighted by Gasteiger charge is -2.24. The van der Waals surface area contributed by atoms with Crippen LogP contribution in [-0.4, -0.2) is 11.8 Å². The second-order valence-electron chi connectivity index (χ2n) is 4.24. The summed E-state index contributed by atoms with van der Waals surface area (Å²) in [4.78, 5) is 22.3. The number of hydrogen-bond acceptors (Lipinski definition) is 2. The van der Waals surface area contributed by atoms with E-state index in [9.17, 15) is 9.59 Å². The molecule has 0 aromatic rings. The number of rotatable bonds is 4. The molecule has 4 heteroatoms. The summed E-state index contributed by atoms with van der Waals surface area (Å²) in [5, 5.41) is 0. The smallest absolute Gasteiger partial charge is 0.223 e. The highest BCUT2D eigenvalue weighted by Gasteiger charge is 2.44. The lowest BCUT2D eigenvalue weighted by molar-refractivity contribution is -0.128. The van der Waals surface area contributed by atoms with Crippen molar-refractivity contribution in [2.45, 2.75) is 39.0 Å². The van der Waals surface area contributed by atoms with Crippen molar-refractivity contribution in [3.8, 4) is 0 Å². The minimum absolute atomic E-state index is 0.158. The predicted molar refractivity (Wildman–Crippen MR) is 53.1 cm³/mol. The predicted octanol–water partition coefficient (Wildman–Crippen LogP) is 0.544. The molecule has 1 saturated carbocycles. The first-order chi connectivity index (χ1) is 6.52. The molecule has 1 aliphatic rings. The van der Waals surface area contributed by atoms with Crippen molar-refractivity contribution in [3.63, 3.8) is 0 Å². The molecule has 0 heterocycles. The molecule has 2 amide bonds. The Kier molecular flexibility index (Phi) is 3.13. The molecular weight excluding hydrogens is 180 g/mol. The van der Waals surface area contributed by atoms with Crippen molar-refractivity contribution in [3.05, 3.63) is 0 Å². The molecule has 0 radical (unpaired) electrons. The van der Waals surface area contributed by atoms with Crippen LogP contribution in [0.3, 0.4) is 0 Å². The van der Waals surface area contributed by atoms with Crippen molar-refractivity contribution in [2.75, 3.05) is 0 Å². The molecule has 1 fully saturated rings. The zero-order valence-corrected chi connectivity index (χ0v) is 8.58. The summed E-state index contributed by atoms with van der Waals surface area (Å²) >= 11 is 0. The lowest BCUT2D eigenvalue weighted by Crippen LogP contribution is -2.35. The Morgan fingerprint density at radius 2 is 2.07 bits per heavy atom. The molecule has 0 spiro atoms. The monoisotopic (exact) mass is 198 g/mol. The Morgan fingerprint density at radius 1 is 1.43 bits per heavy atom. The van der Waals surface area contributed by atoms with Gasteiger partial charge in [-0.15, -0.1) is 0 Å². The van der Waals surface area contributed by atoms with Crippen LogP contribution in [0.1, 0.15) is 39.0 Å². The van der Waals surface area contributed by atoms with Gasteiger partial charge in [-0.1, -0.05) is 13.3 Å². The van der Waals surface area contributed by atoms with Crippen molar-refractivity contribution >= 4 is 11.8 Å². The SMILES string of the molecule is CCCC1(C(N)=O)CCC(C(N)=O)C1. The van der Waals surface area contributed by atoms with Crippen LogP contribution in [0, 0.1) is 11.3 Å². The summed E-state index contributed by atoms with van der Waals surface area (Å²) in [6.45, 7) is 2.02. The van der Waals surface area contributed by atoms with E-state index in [0.29, 0.717) is 19.3 Å². The summed E-state index contributed by atoms with van der Waals surface area (Å²) in [5.74, 6) is -0.735. The third kappa shape index (κ3) is 1.89. The molecule has 14 heavy (non-hydrogen) atoms. The van der Waals surface area contributed by atoms with E-state index in [0.717, 1.165) is 12.8 Å². The second-order valence-corrected chi connectivity index (χ2v) is 4.24. The molecule has 2 unspecified atom stereocenters. The van der Waals surface area contributed by atoms with Gasteiger partial charge in [-0.25, -0.2) is 0 Å². The maximum atomic E-state index is 11.4. The Labute approximate surface area is 84.0 Å². The average Bonchev–Trinajstić information content (AvgIpc) is 2.50. The first-order valence-corrected chi connectivity index (χ1v) is 5.11. The van der Waals surface area contributed by atoms with Gasteiger partial charge in [0.25, 0.3) is 0 Å². The molecule has 1 aliphatic carbocycles. The fourth-order valence-electron chi connectivity index (χ4n) is 2.42. The minimum Gasteiger partial charge on any atom is -0.369 e. The first-order valence-electron chi connectivity index (χ1n) is 5.11. The van der Waals surface area contributed by atoms with Gasteiger partial charge in [-0.3, -0.25) is 9.59 Å². The molecule has 0 bridgehead atoms. The highest BCUT2D eigenvalue weighted by Crippen LogP contribution is 2.44. The van der Waals surface area contributed by atoms with E-state index in [4.69, 9.17) is 11.5 Å². The van der Waals surface area contributed by atoms with E-state index in [1.165, 1.54) is 0 Å². The van der Waals surface area contributed by atoms with Gasteiger partial charge in [0, 0.05) is 11.3 Å². The number of carbonyl (C=O) groups is 2. The van der Waals surface area contributed by atoms with Gasteiger partial charge in [-0.05, 0) is 25.7 Å². The quantitative estimate of drug-likeness (QED) is 0.690. The fourth-order valence-corrected chi connectivity index (χ4v) is 2.42. The van der Waals surface area contributed by atoms with Crippen LogP contribution < -0.4 is 11.5 Å². The number of hydrogen-bond donors (Lipinski definition) is 2. The first kappa shape index (κ1) is 11.0. The molecule has 0 aromatic carbocycles. The van der Waals surface area contributed by atoms with Crippen LogP contribution in [0.5, 0.6) is 0 Å². The zero-order valence-electron chi connectivity index (χ0n) is 8.58. The Balaban J connectivity index is 2.74. The van der Waals surface area contributed by atoms with Crippen molar-refractivity contribution in [1.29, 1.82) is 0 Å². The van der Waals surface area contributed by atoms with E-state index in [1.807, 2.05) is 6.92 Å². The fraction of sp³-hybridized carbons (Fsp3) is 0.800. The van der Waals surface area contributed by atoms with Gasteiger partial charge in [-0.2, -0.15) is 0 Å². The van der Waals surface area contributed by atoms with E-state index < -0.39 is 5.41 Å². The Morgan fingerprint density at radius 3 is 2.43 bits per heavy atom. The van der Waals surface area contributed by atoms with Crippen molar-refractivity contribution in [1.82, 2.24) is 0 Å². The maximum absolute atomic E-state index is 11.4. The van der Waals surface area contributed by atoms with Crippen LogP contribution in [0.4, 0.5) is 0 Å². The largest absolute Gasteiger partial charge is 0.369 e. The van der Waals surface area contributed by atoms with Crippen LogP contribution in [-0.2, 0) is 9.59 Å². The highest BCUT2D eigenvalue weighted by molar-refractivity contribution is 5.84. The highest BCUT2D eigenvalue weighted by atomic mass is 16.2. The number of primary amides is 2. The molecule has 2 atom stereocenters. The molecule has 0 saturated heterocycles. The lowest BCUT2D eigenvalue weighted by atomic mass is 9.80. The van der Waals surface area contributed by atoms with Crippen molar-refractivity contribution in [2.24, 2.45) is 22.8 Å². The van der Waals surface area contributed by atoms with Gasteiger partial charge in [0.2, 0.25) is 11.8 Å². The Bertz CT molecular complexity index is 253. The third-order valence-electron chi connectivity index (χ3n) is 3.26. The number of amides is 2. The van der Waals surface area contributed by atoms with Crippen molar-refractivity contribution < 1.29 is 9.59 Å². The van der Waals surface area contributed by atoms with Crippen LogP contribution in [0.25, 0.3) is 0 Å². The van der Waals surface area contributed by atoms with Gasteiger partial charge in [0.1, 0.15) is 0 Å². The van der Waals surface area contributed by atoms with Gasteiger partial charge in [0.05, 0.1) is 0 Å². The number of carbonyl (C=O) groups excluding carboxylic acids is 2. The number of nitrogens with two attached hydrogens (primary N) is 2. The molecule has 0 aliphatic heterocycles. The Hall–Kier alpha value is -1.06. The van der Waals surface area contributed by atoms with Crippen LogP contribution in [0.2, 0.25) is 0 Å². The second kappa shape index (κ2) is 3.98. The third-order valence-corrected chi connectivity index (χ3v) is 3.26. The standard InChI is InChI=1S/C10H18N2O2/c1-2-4-10(9(12)14)5-3-7(6-10)8(11)13/h7H,2-6H2,1H3,(H2,11,13)(H2,12,14). The summed E-state index contributed by atoms with van der Waals surface area (Å²) in [6, 6.07) is 0. The van der Waals surface area contributed by atoms with Gasteiger partial charge < -0.3 is 11.5 Å². The topological polar surface area (TPSA) is 86.2 Å². The molecule has 4 N–H and O–H groups in total. The summed E-state index contributed by atoms with van der Waals surface area (Å²) < 4.78 is 0. The average molecular weight is 198 g/mol. The van der Waals surface area contributed by atoms with Gasteiger partial charge >= 0.3 is 0 Å². The normalized spacial score (nSPS) is 31.6.